The summed E-state index contributed by atoms with van der Waals surface area (Å²) >= 11 is 0. The van der Waals surface area contributed by atoms with Crippen LogP contribution >= 0.6 is 0 Å². The van der Waals surface area contributed by atoms with Crippen LogP contribution in [0.5, 0.6) is 0 Å². The van der Waals surface area contributed by atoms with Crippen LogP contribution in [0.4, 0.5) is 0 Å². The molecule has 0 saturated heterocycles. The Morgan fingerprint density at radius 3 is 2.31 bits per heavy atom. The molecule has 3 N–H and O–H groups in total. The Morgan fingerprint density at radius 1 is 1.19 bits per heavy atom. The van der Waals surface area contributed by atoms with Crippen molar-refractivity contribution >= 4 is 5.91 Å². The molecule has 2 saturated carbocycles. The predicted molar refractivity (Wildman–Crippen MR) is 65.0 cm³/mol. The van der Waals surface area contributed by atoms with Crippen molar-refractivity contribution in [1.82, 2.24) is 5.32 Å². The minimum absolute atomic E-state index is 0.148. The smallest absolute Gasteiger partial charge is 0.221 e. The number of hydrogen-bond acceptors (Lipinski definition) is 2. The molecule has 0 aromatic rings. The van der Waals surface area contributed by atoms with Gasteiger partial charge in [-0.25, -0.2) is 0 Å². The van der Waals surface area contributed by atoms with Gasteiger partial charge in [-0.2, -0.15) is 0 Å². The van der Waals surface area contributed by atoms with E-state index in [4.69, 9.17) is 5.73 Å². The monoisotopic (exact) mass is 224 g/mol. The van der Waals surface area contributed by atoms with E-state index in [1.165, 1.54) is 32.1 Å². The third kappa shape index (κ3) is 2.76. The van der Waals surface area contributed by atoms with Crippen LogP contribution in [-0.4, -0.2) is 18.0 Å². The summed E-state index contributed by atoms with van der Waals surface area (Å²) < 4.78 is 0. The molecule has 0 spiro atoms. The molecular formula is C13H24N2O. The first-order valence-corrected chi connectivity index (χ1v) is 6.57. The number of rotatable bonds is 4. The standard InChI is InChI=1S/C13H24N2O/c1-12(5-2-3-6-12)10-15-11(16)9-13(14)7-4-8-13/h2-10,14H2,1H3,(H,15,16). The Labute approximate surface area is 98.2 Å². The zero-order valence-electron chi connectivity index (χ0n) is 10.3. The van der Waals surface area contributed by atoms with Crippen LogP contribution in [0, 0.1) is 5.41 Å². The molecule has 0 bridgehead atoms. The van der Waals surface area contributed by atoms with Gasteiger partial charge in [0, 0.05) is 18.5 Å². The molecule has 0 unspecified atom stereocenters. The zero-order valence-corrected chi connectivity index (χ0v) is 10.3. The van der Waals surface area contributed by atoms with Crippen molar-refractivity contribution in [2.24, 2.45) is 11.1 Å². The lowest BCUT2D eigenvalue weighted by Crippen LogP contribution is -2.50. The van der Waals surface area contributed by atoms with E-state index in [1.54, 1.807) is 0 Å². The molecule has 0 heterocycles. The average molecular weight is 224 g/mol. The molecule has 16 heavy (non-hydrogen) atoms. The van der Waals surface area contributed by atoms with Crippen LogP contribution in [0.3, 0.4) is 0 Å². The van der Waals surface area contributed by atoms with Gasteiger partial charge < -0.3 is 11.1 Å². The molecule has 3 heteroatoms. The van der Waals surface area contributed by atoms with Crippen LogP contribution in [0.2, 0.25) is 0 Å². The van der Waals surface area contributed by atoms with E-state index in [0.29, 0.717) is 11.8 Å². The highest BCUT2D eigenvalue weighted by molar-refractivity contribution is 5.77. The second kappa shape index (κ2) is 4.36. The molecular weight excluding hydrogens is 200 g/mol. The quantitative estimate of drug-likeness (QED) is 0.767. The molecule has 2 aliphatic carbocycles. The minimum atomic E-state index is -0.180. The number of nitrogens with one attached hydrogen (secondary N) is 1. The second-order valence-corrected chi connectivity index (χ2v) is 6.19. The van der Waals surface area contributed by atoms with Crippen LogP contribution in [0.15, 0.2) is 0 Å². The van der Waals surface area contributed by atoms with Crippen molar-refractivity contribution in [3.05, 3.63) is 0 Å². The van der Waals surface area contributed by atoms with E-state index >= 15 is 0 Å². The molecule has 3 nitrogen and oxygen atoms in total. The Morgan fingerprint density at radius 2 is 1.81 bits per heavy atom. The maximum atomic E-state index is 11.8. The fourth-order valence-corrected chi connectivity index (χ4v) is 2.91. The van der Waals surface area contributed by atoms with E-state index in [2.05, 4.69) is 12.2 Å². The Bertz CT molecular complexity index is 265. The number of nitrogens with two attached hydrogens (primary N) is 1. The van der Waals surface area contributed by atoms with Crippen molar-refractivity contribution in [2.75, 3.05) is 6.54 Å². The van der Waals surface area contributed by atoms with Gasteiger partial charge in [0.05, 0.1) is 0 Å². The lowest BCUT2D eigenvalue weighted by atomic mass is 9.75. The summed E-state index contributed by atoms with van der Waals surface area (Å²) in [5.74, 6) is 0.148. The Kier molecular flexibility index (Phi) is 3.24. The van der Waals surface area contributed by atoms with Gasteiger partial charge in [0.1, 0.15) is 0 Å². The highest BCUT2D eigenvalue weighted by Gasteiger charge is 2.35. The highest BCUT2D eigenvalue weighted by atomic mass is 16.1. The van der Waals surface area contributed by atoms with E-state index in [1.807, 2.05) is 0 Å². The summed E-state index contributed by atoms with van der Waals surface area (Å²) in [5, 5.41) is 3.07. The fraction of sp³-hybridized carbons (Fsp3) is 0.923. The SMILES string of the molecule is CC1(CNC(=O)CC2(N)CCC2)CCCC1. The second-order valence-electron chi connectivity index (χ2n) is 6.19. The summed E-state index contributed by atoms with van der Waals surface area (Å²) in [6.45, 7) is 3.11. The lowest BCUT2D eigenvalue weighted by molar-refractivity contribution is -0.123. The lowest BCUT2D eigenvalue weighted by Gasteiger charge is -2.37. The highest BCUT2D eigenvalue weighted by Crippen LogP contribution is 2.37. The van der Waals surface area contributed by atoms with E-state index in [9.17, 15) is 4.79 Å². The van der Waals surface area contributed by atoms with Crippen LogP contribution < -0.4 is 11.1 Å². The van der Waals surface area contributed by atoms with Crippen molar-refractivity contribution in [3.8, 4) is 0 Å². The average Bonchev–Trinajstić information content (AvgIpc) is 2.61. The summed E-state index contributed by atoms with van der Waals surface area (Å²) in [6.07, 6.45) is 8.85. The molecule has 2 aliphatic rings. The molecule has 0 radical (unpaired) electrons. The Balaban J connectivity index is 1.71. The maximum absolute atomic E-state index is 11.8. The first-order chi connectivity index (χ1) is 7.52. The van der Waals surface area contributed by atoms with Gasteiger partial charge in [-0.1, -0.05) is 19.8 Å². The molecule has 2 fully saturated rings. The van der Waals surface area contributed by atoms with Crippen molar-refractivity contribution in [3.63, 3.8) is 0 Å². The van der Waals surface area contributed by atoms with Gasteiger partial charge in [-0.15, -0.1) is 0 Å². The zero-order chi connectivity index (χ0) is 11.6. The topological polar surface area (TPSA) is 55.1 Å². The maximum Gasteiger partial charge on any atom is 0.221 e. The summed E-state index contributed by atoms with van der Waals surface area (Å²) in [7, 11) is 0. The van der Waals surface area contributed by atoms with Gasteiger partial charge in [0.15, 0.2) is 0 Å². The normalized spacial score (nSPS) is 26.1. The molecule has 0 aromatic carbocycles. The number of hydrogen-bond donors (Lipinski definition) is 2. The number of carbonyl (C=O) groups is 1. The number of amides is 1. The molecule has 1 amide bonds. The van der Waals surface area contributed by atoms with Crippen molar-refractivity contribution < 1.29 is 4.79 Å². The van der Waals surface area contributed by atoms with E-state index < -0.39 is 0 Å². The minimum Gasteiger partial charge on any atom is -0.355 e. The first kappa shape index (κ1) is 11.9. The first-order valence-electron chi connectivity index (χ1n) is 6.57. The van der Waals surface area contributed by atoms with Crippen molar-refractivity contribution in [1.29, 1.82) is 0 Å². The van der Waals surface area contributed by atoms with Crippen LogP contribution in [-0.2, 0) is 4.79 Å². The number of carbonyl (C=O) groups excluding carboxylic acids is 1. The summed E-state index contributed by atoms with van der Waals surface area (Å²) in [4.78, 5) is 11.8. The Hall–Kier alpha value is -0.570. The van der Waals surface area contributed by atoms with E-state index in [0.717, 1.165) is 19.4 Å². The molecule has 0 atom stereocenters. The van der Waals surface area contributed by atoms with Crippen LogP contribution in [0.25, 0.3) is 0 Å². The summed E-state index contributed by atoms with van der Waals surface area (Å²) in [5.41, 5.74) is 6.22. The molecule has 0 aromatic heterocycles. The van der Waals surface area contributed by atoms with Gasteiger partial charge in [-0.3, -0.25) is 4.79 Å². The van der Waals surface area contributed by atoms with Gasteiger partial charge in [0.2, 0.25) is 5.91 Å². The molecule has 0 aliphatic heterocycles. The van der Waals surface area contributed by atoms with E-state index in [-0.39, 0.29) is 11.4 Å². The van der Waals surface area contributed by atoms with Gasteiger partial charge in [-0.05, 0) is 37.5 Å². The fourth-order valence-electron chi connectivity index (χ4n) is 2.91. The molecule has 92 valence electrons. The summed E-state index contributed by atoms with van der Waals surface area (Å²) in [6, 6.07) is 0. The molecule has 2 rings (SSSR count). The van der Waals surface area contributed by atoms with Gasteiger partial charge >= 0.3 is 0 Å². The third-order valence-corrected chi connectivity index (χ3v) is 4.38. The van der Waals surface area contributed by atoms with Crippen molar-refractivity contribution in [2.45, 2.75) is 63.8 Å². The largest absolute Gasteiger partial charge is 0.355 e. The van der Waals surface area contributed by atoms with Gasteiger partial charge in [0.25, 0.3) is 0 Å². The van der Waals surface area contributed by atoms with Crippen LogP contribution in [0.1, 0.15) is 58.3 Å². The predicted octanol–water partition coefficient (Wildman–Crippen LogP) is 1.95. The third-order valence-electron chi connectivity index (χ3n) is 4.38.